The molecule has 1 aliphatic rings. The molecule has 0 bridgehead atoms. The fraction of sp³-hybridized carbons (Fsp3) is 0.421. The van der Waals surface area contributed by atoms with E-state index in [0.29, 0.717) is 18.7 Å². The quantitative estimate of drug-likeness (QED) is 0.792. The topological polar surface area (TPSA) is 70.2 Å². The van der Waals surface area contributed by atoms with Crippen LogP contribution in [0.3, 0.4) is 0 Å². The van der Waals surface area contributed by atoms with Crippen molar-refractivity contribution in [3.8, 4) is 0 Å². The van der Waals surface area contributed by atoms with Crippen molar-refractivity contribution in [2.45, 2.75) is 26.2 Å². The minimum Gasteiger partial charge on any atom is -0.368 e. The van der Waals surface area contributed by atoms with Crippen LogP contribution in [0, 0.1) is 6.92 Å². The van der Waals surface area contributed by atoms with Crippen molar-refractivity contribution in [1.82, 2.24) is 15.3 Å². The van der Waals surface area contributed by atoms with Crippen LogP contribution in [0.25, 0.3) is 0 Å². The molecule has 0 aliphatic carbocycles. The number of carbonyl (C=O) groups is 1. The second-order valence-corrected chi connectivity index (χ2v) is 6.26. The lowest BCUT2D eigenvalue weighted by Gasteiger charge is -2.28. The largest absolute Gasteiger partial charge is 0.368 e. The molecule has 0 spiro atoms. The van der Waals surface area contributed by atoms with Gasteiger partial charge in [0.2, 0.25) is 0 Å². The first kappa shape index (κ1) is 17.2. The molecule has 6 heteroatoms. The Balaban J connectivity index is 1.51. The molecule has 1 fully saturated rings. The van der Waals surface area contributed by atoms with Crippen molar-refractivity contribution < 1.29 is 4.79 Å². The fourth-order valence-electron chi connectivity index (χ4n) is 2.99. The molecule has 2 heterocycles. The Labute approximate surface area is 148 Å². The van der Waals surface area contributed by atoms with Gasteiger partial charge in [-0.05, 0) is 38.3 Å². The summed E-state index contributed by atoms with van der Waals surface area (Å²) in [6.07, 6.45) is 3.74. The molecular formula is C19H25N5O. The van der Waals surface area contributed by atoms with Crippen molar-refractivity contribution >= 4 is 17.5 Å². The zero-order valence-corrected chi connectivity index (χ0v) is 14.7. The Kier molecular flexibility index (Phi) is 5.82. The molecule has 1 saturated heterocycles. The van der Waals surface area contributed by atoms with Crippen LogP contribution in [0.2, 0.25) is 0 Å². The zero-order valence-electron chi connectivity index (χ0n) is 14.7. The highest BCUT2D eigenvalue weighted by atomic mass is 16.1. The van der Waals surface area contributed by atoms with Crippen LogP contribution >= 0.6 is 0 Å². The van der Waals surface area contributed by atoms with Gasteiger partial charge in [-0.25, -0.2) is 9.97 Å². The second kappa shape index (κ2) is 8.46. The van der Waals surface area contributed by atoms with Gasteiger partial charge in [0, 0.05) is 37.8 Å². The highest BCUT2D eigenvalue weighted by Crippen LogP contribution is 2.20. The Morgan fingerprint density at radius 1 is 1.08 bits per heavy atom. The highest BCUT2D eigenvalue weighted by Gasteiger charge is 2.13. The van der Waals surface area contributed by atoms with E-state index in [0.717, 1.165) is 30.5 Å². The SMILES string of the molecule is Cc1nc(NCCNC(=O)c2ccccc2)cc(N2CCCCC2)n1. The van der Waals surface area contributed by atoms with E-state index in [9.17, 15) is 4.79 Å². The molecule has 0 unspecified atom stereocenters. The maximum absolute atomic E-state index is 12.0. The summed E-state index contributed by atoms with van der Waals surface area (Å²) in [5.41, 5.74) is 0.674. The molecule has 0 saturated carbocycles. The van der Waals surface area contributed by atoms with Crippen LogP contribution in [0.1, 0.15) is 35.4 Å². The third kappa shape index (κ3) is 4.92. The fourth-order valence-corrected chi connectivity index (χ4v) is 2.99. The number of nitrogens with zero attached hydrogens (tertiary/aromatic N) is 3. The summed E-state index contributed by atoms with van der Waals surface area (Å²) in [6, 6.07) is 11.2. The number of benzene rings is 1. The van der Waals surface area contributed by atoms with E-state index < -0.39 is 0 Å². The number of aromatic nitrogens is 2. The van der Waals surface area contributed by atoms with Gasteiger partial charge in [0.25, 0.3) is 5.91 Å². The number of amides is 1. The summed E-state index contributed by atoms with van der Waals surface area (Å²) in [5, 5.41) is 6.19. The minimum absolute atomic E-state index is 0.0599. The molecule has 1 aromatic heterocycles. The molecule has 3 rings (SSSR count). The van der Waals surface area contributed by atoms with Crippen molar-refractivity contribution in [1.29, 1.82) is 0 Å². The highest BCUT2D eigenvalue weighted by molar-refractivity contribution is 5.94. The molecule has 1 amide bonds. The van der Waals surface area contributed by atoms with Crippen LogP contribution in [0.15, 0.2) is 36.4 Å². The van der Waals surface area contributed by atoms with E-state index in [2.05, 4.69) is 25.5 Å². The first-order valence-electron chi connectivity index (χ1n) is 8.90. The molecule has 0 radical (unpaired) electrons. The number of nitrogens with one attached hydrogen (secondary N) is 2. The number of aryl methyl sites for hydroxylation is 1. The molecule has 1 aliphatic heterocycles. The lowest BCUT2D eigenvalue weighted by molar-refractivity contribution is 0.0955. The summed E-state index contributed by atoms with van der Waals surface area (Å²) < 4.78 is 0. The number of hydrogen-bond acceptors (Lipinski definition) is 5. The lowest BCUT2D eigenvalue weighted by Crippen LogP contribution is -2.31. The monoisotopic (exact) mass is 339 g/mol. The predicted molar refractivity (Wildman–Crippen MR) is 100 cm³/mol. The Morgan fingerprint density at radius 3 is 2.60 bits per heavy atom. The van der Waals surface area contributed by atoms with Gasteiger partial charge < -0.3 is 15.5 Å². The summed E-state index contributed by atoms with van der Waals surface area (Å²) >= 11 is 0. The van der Waals surface area contributed by atoms with Crippen molar-refractivity contribution in [3.05, 3.63) is 47.8 Å². The van der Waals surface area contributed by atoms with E-state index in [1.165, 1.54) is 19.3 Å². The average Bonchev–Trinajstić information content (AvgIpc) is 2.66. The van der Waals surface area contributed by atoms with Gasteiger partial charge in [-0.3, -0.25) is 4.79 Å². The van der Waals surface area contributed by atoms with Crippen LogP contribution in [0.5, 0.6) is 0 Å². The molecule has 2 N–H and O–H groups in total. The molecule has 132 valence electrons. The molecule has 25 heavy (non-hydrogen) atoms. The first-order valence-corrected chi connectivity index (χ1v) is 8.90. The normalized spacial score (nSPS) is 14.2. The summed E-state index contributed by atoms with van der Waals surface area (Å²) in [6.45, 7) is 5.19. The number of piperidine rings is 1. The minimum atomic E-state index is -0.0599. The van der Waals surface area contributed by atoms with Crippen molar-refractivity contribution in [2.24, 2.45) is 0 Å². The Hall–Kier alpha value is -2.63. The van der Waals surface area contributed by atoms with Crippen LogP contribution < -0.4 is 15.5 Å². The maximum Gasteiger partial charge on any atom is 0.251 e. The van der Waals surface area contributed by atoms with Crippen molar-refractivity contribution in [3.63, 3.8) is 0 Å². The van der Waals surface area contributed by atoms with Gasteiger partial charge in [-0.15, -0.1) is 0 Å². The summed E-state index contributed by atoms with van der Waals surface area (Å²) in [7, 11) is 0. The van der Waals surface area contributed by atoms with Gasteiger partial charge >= 0.3 is 0 Å². The summed E-state index contributed by atoms with van der Waals surface area (Å²) in [4.78, 5) is 23.3. The Morgan fingerprint density at radius 2 is 1.84 bits per heavy atom. The van der Waals surface area contributed by atoms with Crippen molar-refractivity contribution in [2.75, 3.05) is 36.4 Å². The van der Waals surface area contributed by atoms with E-state index >= 15 is 0 Å². The first-order chi connectivity index (χ1) is 12.2. The molecule has 0 atom stereocenters. The molecule has 6 nitrogen and oxygen atoms in total. The lowest BCUT2D eigenvalue weighted by atomic mass is 10.1. The van der Waals surface area contributed by atoms with Gasteiger partial charge in [-0.2, -0.15) is 0 Å². The zero-order chi connectivity index (χ0) is 17.5. The maximum atomic E-state index is 12.0. The second-order valence-electron chi connectivity index (χ2n) is 6.26. The van der Waals surface area contributed by atoms with Crippen LogP contribution in [-0.2, 0) is 0 Å². The third-order valence-electron chi connectivity index (χ3n) is 4.26. The van der Waals surface area contributed by atoms with Crippen LogP contribution in [0.4, 0.5) is 11.6 Å². The molecule has 2 aromatic rings. The van der Waals surface area contributed by atoms with Crippen LogP contribution in [-0.4, -0.2) is 42.1 Å². The van der Waals surface area contributed by atoms with E-state index in [-0.39, 0.29) is 5.91 Å². The number of hydrogen-bond donors (Lipinski definition) is 2. The van der Waals surface area contributed by atoms with E-state index in [1.807, 2.05) is 31.2 Å². The van der Waals surface area contributed by atoms with Gasteiger partial charge in [0.1, 0.15) is 17.5 Å². The Bertz CT molecular complexity index is 698. The average molecular weight is 339 g/mol. The number of rotatable bonds is 6. The number of anilines is 2. The predicted octanol–water partition coefficient (Wildman–Crippen LogP) is 2.62. The number of carbonyl (C=O) groups excluding carboxylic acids is 1. The molecular weight excluding hydrogens is 314 g/mol. The van der Waals surface area contributed by atoms with Gasteiger partial charge in [-0.1, -0.05) is 18.2 Å². The summed E-state index contributed by atoms with van der Waals surface area (Å²) in [5.74, 6) is 2.50. The smallest absolute Gasteiger partial charge is 0.251 e. The molecule has 1 aromatic carbocycles. The van der Waals surface area contributed by atoms with E-state index in [4.69, 9.17) is 0 Å². The third-order valence-corrected chi connectivity index (χ3v) is 4.26. The standard InChI is InChI=1S/C19H25N5O/c1-15-22-17(14-18(23-15)24-12-6-3-7-13-24)20-10-11-21-19(25)16-8-4-2-5-9-16/h2,4-5,8-9,14H,3,6-7,10-13H2,1H3,(H,21,25)(H,20,22,23). The van der Waals surface area contributed by atoms with E-state index in [1.54, 1.807) is 12.1 Å². The van der Waals surface area contributed by atoms with Gasteiger partial charge in [0.15, 0.2) is 0 Å². The van der Waals surface area contributed by atoms with Gasteiger partial charge in [0.05, 0.1) is 0 Å².